The smallest absolute Gasteiger partial charge is 0.199 e. The highest BCUT2D eigenvalue weighted by Gasteiger charge is 2.20. The van der Waals surface area contributed by atoms with Crippen molar-refractivity contribution in [3.05, 3.63) is 152 Å². The molecule has 0 atom stereocenters. The Morgan fingerprint density at radius 3 is 1.87 bits per heavy atom. The van der Waals surface area contributed by atoms with E-state index in [1.165, 1.54) is 32.3 Å². The minimum absolute atomic E-state index is 0.499. The maximum atomic E-state index is 6.25. The molecule has 4 nitrogen and oxygen atoms in total. The second kappa shape index (κ2) is 10.2. The highest BCUT2D eigenvalue weighted by atomic mass is 16.3. The average molecular weight is 576 g/mol. The van der Waals surface area contributed by atoms with E-state index >= 15 is 0 Å². The van der Waals surface area contributed by atoms with E-state index in [0.717, 1.165) is 33.2 Å². The molecule has 9 aromatic rings. The maximum absolute atomic E-state index is 6.25. The van der Waals surface area contributed by atoms with E-state index in [0.29, 0.717) is 23.2 Å². The number of fused-ring (bicyclic) bond motifs is 5. The summed E-state index contributed by atoms with van der Waals surface area (Å²) >= 11 is 0. The summed E-state index contributed by atoms with van der Waals surface area (Å²) in [6.45, 7) is 0. The molecule has 7 aromatic carbocycles. The normalized spacial score (nSPS) is 11.6. The lowest BCUT2D eigenvalue weighted by Gasteiger charge is -2.17. The van der Waals surface area contributed by atoms with Gasteiger partial charge in [-0.1, -0.05) is 133 Å². The zero-order valence-corrected chi connectivity index (χ0v) is 24.2. The molecule has 0 bridgehead atoms. The Labute approximate surface area is 259 Å². The van der Waals surface area contributed by atoms with Crippen molar-refractivity contribution in [3.8, 4) is 45.5 Å². The Kier molecular flexibility index (Phi) is 5.78. The van der Waals surface area contributed by atoms with Gasteiger partial charge in [0.05, 0.1) is 0 Å². The molecule has 210 valence electrons. The zero-order valence-electron chi connectivity index (χ0n) is 24.2. The Morgan fingerprint density at radius 1 is 0.378 bits per heavy atom. The number of rotatable bonds is 4. The van der Waals surface area contributed by atoms with Gasteiger partial charge in [-0.2, -0.15) is 0 Å². The number of nitrogens with zero attached hydrogens (tertiary/aromatic N) is 3. The highest BCUT2D eigenvalue weighted by molar-refractivity contribution is 6.21. The molecule has 0 aliphatic carbocycles. The van der Waals surface area contributed by atoms with Crippen molar-refractivity contribution in [2.75, 3.05) is 0 Å². The Morgan fingerprint density at radius 2 is 1.02 bits per heavy atom. The van der Waals surface area contributed by atoms with Crippen molar-refractivity contribution in [1.29, 1.82) is 0 Å². The molecule has 0 unspecified atom stereocenters. The number of hydrogen-bond acceptors (Lipinski definition) is 4. The first-order valence-corrected chi connectivity index (χ1v) is 15.0. The first-order chi connectivity index (χ1) is 22.3. The van der Waals surface area contributed by atoms with Gasteiger partial charge >= 0.3 is 0 Å². The topological polar surface area (TPSA) is 51.8 Å². The van der Waals surface area contributed by atoms with E-state index < -0.39 is 0 Å². The van der Waals surface area contributed by atoms with Crippen LogP contribution in [0.15, 0.2) is 156 Å². The van der Waals surface area contributed by atoms with Crippen LogP contribution >= 0.6 is 0 Å². The molecule has 0 radical (unpaired) electrons. The molecule has 45 heavy (non-hydrogen) atoms. The second-order valence-corrected chi connectivity index (χ2v) is 11.2. The molecular formula is C41H25N3O. The van der Waals surface area contributed by atoms with Gasteiger partial charge in [0.1, 0.15) is 5.58 Å². The van der Waals surface area contributed by atoms with Crippen LogP contribution in [-0.2, 0) is 0 Å². The molecule has 4 heteroatoms. The summed E-state index contributed by atoms with van der Waals surface area (Å²) in [5.41, 5.74) is 4.87. The molecule has 0 fully saturated rings. The molecule has 2 aromatic heterocycles. The van der Waals surface area contributed by atoms with E-state index in [1.807, 2.05) is 66.7 Å². The molecule has 0 spiro atoms. The third-order valence-corrected chi connectivity index (χ3v) is 8.52. The van der Waals surface area contributed by atoms with Crippen molar-refractivity contribution in [2.24, 2.45) is 0 Å². The number of benzene rings is 7. The largest absolute Gasteiger partial charge is 0.453 e. The van der Waals surface area contributed by atoms with Gasteiger partial charge in [-0.15, -0.1) is 0 Å². The number of para-hydroxylation sites is 1. The summed E-state index contributed by atoms with van der Waals surface area (Å²) < 4.78 is 6.25. The molecule has 0 saturated heterocycles. The Hall–Kier alpha value is -6.13. The molecule has 0 amide bonds. The van der Waals surface area contributed by atoms with Crippen LogP contribution in [0, 0.1) is 0 Å². The summed E-state index contributed by atoms with van der Waals surface area (Å²) in [7, 11) is 0. The van der Waals surface area contributed by atoms with Gasteiger partial charge in [-0.3, -0.25) is 0 Å². The summed E-state index contributed by atoms with van der Waals surface area (Å²) in [6, 6.07) is 52.4. The third kappa shape index (κ3) is 4.27. The zero-order chi connectivity index (χ0) is 29.7. The number of hydrogen-bond donors (Lipinski definition) is 0. The van der Waals surface area contributed by atoms with Gasteiger partial charge in [-0.25, -0.2) is 15.0 Å². The van der Waals surface area contributed by atoms with Crippen molar-refractivity contribution >= 4 is 43.3 Å². The summed E-state index contributed by atoms with van der Waals surface area (Å²) in [5.74, 6) is 2.30. The summed E-state index contributed by atoms with van der Waals surface area (Å²) in [5, 5.41) is 8.25. The first kappa shape index (κ1) is 25.4. The van der Waals surface area contributed by atoms with Gasteiger partial charge in [-0.05, 0) is 61.6 Å². The molecule has 0 aliphatic rings. The van der Waals surface area contributed by atoms with Crippen LogP contribution in [0.5, 0.6) is 0 Å². The standard InChI is InChI=1S/C41H25N3O/c1-2-13-27(14-3-1)39-42-40(44-41(43-39)37-25-29-16-6-11-21-36(29)45-37)34-20-10-9-19-32(34)38-31-18-8-5-15-28(31)24-35-30-17-7-4-12-26(30)22-23-33(35)38/h1-25H. The number of aromatic nitrogens is 3. The fourth-order valence-corrected chi connectivity index (χ4v) is 6.42. The van der Waals surface area contributed by atoms with Gasteiger partial charge in [0.2, 0.25) is 0 Å². The van der Waals surface area contributed by atoms with Crippen LogP contribution in [-0.4, -0.2) is 15.0 Å². The van der Waals surface area contributed by atoms with E-state index in [4.69, 9.17) is 19.4 Å². The minimum Gasteiger partial charge on any atom is -0.453 e. The Balaban J connectivity index is 1.34. The van der Waals surface area contributed by atoms with Gasteiger partial charge in [0, 0.05) is 16.5 Å². The second-order valence-electron chi connectivity index (χ2n) is 11.2. The van der Waals surface area contributed by atoms with Crippen molar-refractivity contribution in [3.63, 3.8) is 0 Å². The third-order valence-electron chi connectivity index (χ3n) is 8.52. The van der Waals surface area contributed by atoms with Crippen molar-refractivity contribution in [2.45, 2.75) is 0 Å². The van der Waals surface area contributed by atoms with Crippen LogP contribution in [0.1, 0.15) is 0 Å². The van der Waals surface area contributed by atoms with Crippen LogP contribution in [0.3, 0.4) is 0 Å². The lowest BCUT2D eigenvalue weighted by atomic mass is 9.88. The van der Waals surface area contributed by atoms with E-state index in [1.54, 1.807) is 0 Å². The molecule has 9 rings (SSSR count). The van der Waals surface area contributed by atoms with Crippen LogP contribution < -0.4 is 0 Å². The maximum Gasteiger partial charge on any atom is 0.199 e. The lowest BCUT2D eigenvalue weighted by molar-refractivity contribution is 0.625. The van der Waals surface area contributed by atoms with Crippen molar-refractivity contribution in [1.82, 2.24) is 15.0 Å². The predicted molar refractivity (Wildman–Crippen MR) is 184 cm³/mol. The average Bonchev–Trinajstić information content (AvgIpc) is 3.56. The molecule has 0 N–H and O–H groups in total. The predicted octanol–water partition coefficient (Wildman–Crippen LogP) is 10.7. The Bertz CT molecular complexity index is 2520. The molecular weight excluding hydrogens is 550 g/mol. The molecule has 0 saturated carbocycles. The quantitative estimate of drug-likeness (QED) is 0.155. The fourth-order valence-electron chi connectivity index (χ4n) is 6.42. The summed E-state index contributed by atoms with van der Waals surface area (Å²) in [4.78, 5) is 15.1. The van der Waals surface area contributed by atoms with Crippen LogP contribution in [0.2, 0.25) is 0 Å². The van der Waals surface area contributed by atoms with Gasteiger partial charge < -0.3 is 4.42 Å². The van der Waals surface area contributed by atoms with Crippen LogP contribution in [0.25, 0.3) is 88.8 Å². The number of furan rings is 1. The highest BCUT2D eigenvalue weighted by Crippen LogP contribution is 2.42. The van der Waals surface area contributed by atoms with Crippen molar-refractivity contribution < 1.29 is 4.42 Å². The van der Waals surface area contributed by atoms with Crippen LogP contribution in [0.4, 0.5) is 0 Å². The summed E-state index contributed by atoms with van der Waals surface area (Å²) in [6.07, 6.45) is 0. The van der Waals surface area contributed by atoms with E-state index in [2.05, 4.69) is 84.9 Å². The fraction of sp³-hybridized carbons (Fsp3) is 0. The molecule has 0 aliphatic heterocycles. The van der Waals surface area contributed by atoms with E-state index in [9.17, 15) is 0 Å². The first-order valence-electron chi connectivity index (χ1n) is 15.0. The molecule has 2 heterocycles. The monoisotopic (exact) mass is 575 g/mol. The minimum atomic E-state index is 0.499. The lowest BCUT2D eigenvalue weighted by Crippen LogP contribution is -2.01. The van der Waals surface area contributed by atoms with E-state index in [-0.39, 0.29) is 0 Å². The van der Waals surface area contributed by atoms with Gasteiger partial charge in [0.25, 0.3) is 0 Å². The van der Waals surface area contributed by atoms with Gasteiger partial charge in [0.15, 0.2) is 23.2 Å². The SMILES string of the molecule is c1ccc(-c2nc(-c3cc4ccccc4o3)nc(-c3ccccc3-c3c4ccccc4cc4c3ccc3ccccc34)n2)cc1.